The van der Waals surface area contributed by atoms with Crippen LogP contribution in [0.1, 0.15) is 22.7 Å². The van der Waals surface area contributed by atoms with Crippen LogP contribution in [-0.2, 0) is 13.2 Å². The Labute approximate surface area is 153 Å². The van der Waals surface area contributed by atoms with E-state index in [-0.39, 0.29) is 21.6 Å². The monoisotopic (exact) mass is 403 g/mol. The van der Waals surface area contributed by atoms with Crippen LogP contribution < -0.4 is 5.32 Å². The first-order valence-electron chi connectivity index (χ1n) is 7.62. The van der Waals surface area contributed by atoms with Crippen LogP contribution in [0.15, 0.2) is 36.5 Å². The lowest BCUT2D eigenvalue weighted by Crippen LogP contribution is -2.18. The van der Waals surface area contributed by atoms with Crippen molar-refractivity contribution in [3.63, 3.8) is 0 Å². The van der Waals surface area contributed by atoms with Gasteiger partial charge in [-0.3, -0.25) is 9.48 Å². The standard InChI is InChI=1S/C16H11F6N5O/c1-26-12(7-13(25-26)16(20,21)22)9-3-2-8(6-10(9)17)24-14(28)11-4-5-23-27(11)15(18)19/h2-7,15H,1H3,(H,24,28). The van der Waals surface area contributed by atoms with E-state index >= 15 is 0 Å². The van der Waals surface area contributed by atoms with Gasteiger partial charge in [0.05, 0.1) is 5.69 Å². The Kier molecular flexibility index (Phi) is 4.87. The Hall–Kier alpha value is -3.31. The molecule has 0 unspecified atom stereocenters. The third kappa shape index (κ3) is 3.70. The van der Waals surface area contributed by atoms with E-state index < -0.39 is 35.8 Å². The first-order chi connectivity index (χ1) is 13.1. The number of rotatable bonds is 4. The molecule has 2 heterocycles. The number of carbonyl (C=O) groups excluding carboxylic acids is 1. The molecule has 0 aliphatic heterocycles. The minimum absolute atomic E-state index is 0.0773. The fourth-order valence-corrected chi connectivity index (χ4v) is 2.50. The number of aromatic nitrogens is 4. The van der Waals surface area contributed by atoms with Gasteiger partial charge in [-0.25, -0.2) is 4.39 Å². The third-order valence-corrected chi connectivity index (χ3v) is 3.76. The first-order valence-corrected chi connectivity index (χ1v) is 7.62. The number of aryl methyl sites for hydroxylation is 1. The molecule has 1 aromatic carbocycles. The van der Waals surface area contributed by atoms with Crippen LogP contribution in [0.3, 0.4) is 0 Å². The van der Waals surface area contributed by atoms with Crippen LogP contribution in [0, 0.1) is 5.82 Å². The Morgan fingerprint density at radius 1 is 1.18 bits per heavy atom. The SMILES string of the molecule is Cn1nc(C(F)(F)F)cc1-c1ccc(NC(=O)c2ccnn2C(F)F)cc1F. The number of amides is 1. The maximum absolute atomic E-state index is 14.4. The summed E-state index contributed by atoms with van der Waals surface area (Å²) < 4.78 is 79.3. The summed E-state index contributed by atoms with van der Waals surface area (Å²) in [7, 11) is 1.23. The van der Waals surface area contributed by atoms with E-state index in [2.05, 4.69) is 15.5 Å². The van der Waals surface area contributed by atoms with Crippen LogP contribution >= 0.6 is 0 Å². The molecule has 0 atom stereocenters. The van der Waals surface area contributed by atoms with Crippen molar-refractivity contribution < 1.29 is 31.1 Å². The number of nitrogens with zero attached hydrogens (tertiary/aromatic N) is 4. The second-order valence-corrected chi connectivity index (χ2v) is 5.62. The number of alkyl halides is 5. The lowest BCUT2D eigenvalue weighted by atomic mass is 10.1. The van der Waals surface area contributed by atoms with Gasteiger partial charge >= 0.3 is 12.7 Å². The Morgan fingerprint density at radius 2 is 1.89 bits per heavy atom. The predicted octanol–water partition coefficient (Wildman–Crippen LogP) is 4.09. The van der Waals surface area contributed by atoms with Gasteiger partial charge in [-0.1, -0.05) is 0 Å². The number of nitrogens with one attached hydrogen (secondary N) is 1. The fraction of sp³-hybridized carbons (Fsp3) is 0.188. The van der Waals surface area contributed by atoms with Gasteiger partial charge < -0.3 is 5.32 Å². The maximum atomic E-state index is 14.4. The molecular formula is C16H11F6N5O. The zero-order chi connectivity index (χ0) is 20.6. The van der Waals surface area contributed by atoms with Crippen LogP contribution in [0.2, 0.25) is 0 Å². The van der Waals surface area contributed by atoms with Gasteiger partial charge in [-0.05, 0) is 30.3 Å². The van der Waals surface area contributed by atoms with Gasteiger partial charge in [0.2, 0.25) is 0 Å². The van der Waals surface area contributed by atoms with Crippen LogP contribution in [0.5, 0.6) is 0 Å². The Balaban J connectivity index is 1.86. The molecule has 3 aromatic rings. The zero-order valence-electron chi connectivity index (χ0n) is 14.0. The average Bonchev–Trinajstić information content (AvgIpc) is 3.21. The molecule has 0 aliphatic carbocycles. The van der Waals surface area contributed by atoms with Crippen molar-refractivity contribution >= 4 is 11.6 Å². The highest BCUT2D eigenvalue weighted by atomic mass is 19.4. The summed E-state index contributed by atoms with van der Waals surface area (Å²) in [5, 5.41) is 8.84. The molecule has 2 aromatic heterocycles. The Bertz CT molecular complexity index is 1020. The van der Waals surface area contributed by atoms with Crippen molar-refractivity contribution in [2.75, 3.05) is 5.32 Å². The van der Waals surface area contributed by atoms with Crippen molar-refractivity contribution in [1.82, 2.24) is 19.6 Å². The van der Waals surface area contributed by atoms with Crippen molar-refractivity contribution in [2.45, 2.75) is 12.7 Å². The van der Waals surface area contributed by atoms with E-state index in [1.807, 2.05) is 0 Å². The Morgan fingerprint density at radius 3 is 2.46 bits per heavy atom. The lowest BCUT2D eigenvalue weighted by molar-refractivity contribution is -0.141. The minimum Gasteiger partial charge on any atom is -0.321 e. The third-order valence-electron chi connectivity index (χ3n) is 3.76. The van der Waals surface area contributed by atoms with E-state index in [1.54, 1.807) is 0 Å². The molecule has 0 bridgehead atoms. The predicted molar refractivity (Wildman–Crippen MR) is 85.0 cm³/mol. The number of carbonyl (C=O) groups is 1. The number of hydrogen-bond acceptors (Lipinski definition) is 3. The van der Waals surface area contributed by atoms with Gasteiger partial charge in [0, 0.05) is 24.5 Å². The molecule has 0 saturated heterocycles. The molecule has 0 spiro atoms. The molecule has 12 heteroatoms. The topological polar surface area (TPSA) is 64.7 Å². The summed E-state index contributed by atoms with van der Waals surface area (Å²) in [5.74, 6) is -1.89. The van der Waals surface area contributed by atoms with E-state index in [0.717, 1.165) is 29.1 Å². The summed E-state index contributed by atoms with van der Waals surface area (Å²) in [6.07, 6.45) is -3.68. The van der Waals surface area contributed by atoms with Crippen molar-refractivity contribution in [3.8, 4) is 11.3 Å². The van der Waals surface area contributed by atoms with Gasteiger partial charge in [0.1, 0.15) is 11.5 Å². The first kappa shape index (κ1) is 19.5. The molecule has 28 heavy (non-hydrogen) atoms. The largest absolute Gasteiger partial charge is 0.435 e. The molecule has 0 fully saturated rings. The zero-order valence-corrected chi connectivity index (χ0v) is 14.0. The van der Waals surface area contributed by atoms with Gasteiger partial charge in [-0.2, -0.15) is 36.8 Å². The normalized spacial score (nSPS) is 11.9. The molecule has 3 rings (SSSR count). The summed E-state index contributed by atoms with van der Waals surface area (Å²) in [6.45, 7) is -3.04. The van der Waals surface area contributed by atoms with E-state index in [4.69, 9.17) is 0 Å². The lowest BCUT2D eigenvalue weighted by Gasteiger charge is -2.09. The number of benzene rings is 1. The summed E-state index contributed by atoms with van der Waals surface area (Å²) in [4.78, 5) is 12.1. The highest BCUT2D eigenvalue weighted by molar-refractivity contribution is 6.03. The van der Waals surface area contributed by atoms with Crippen LogP contribution in [0.25, 0.3) is 11.3 Å². The van der Waals surface area contributed by atoms with Crippen LogP contribution in [-0.4, -0.2) is 25.5 Å². The second kappa shape index (κ2) is 7.02. The molecule has 6 nitrogen and oxygen atoms in total. The summed E-state index contributed by atoms with van der Waals surface area (Å²) >= 11 is 0. The molecule has 148 valence electrons. The number of anilines is 1. The average molecular weight is 403 g/mol. The highest BCUT2D eigenvalue weighted by Crippen LogP contribution is 2.33. The minimum atomic E-state index is -4.69. The second-order valence-electron chi connectivity index (χ2n) is 5.62. The number of halogens is 6. The van der Waals surface area contributed by atoms with E-state index in [0.29, 0.717) is 6.07 Å². The van der Waals surface area contributed by atoms with E-state index in [9.17, 15) is 31.1 Å². The summed E-state index contributed by atoms with van der Waals surface area (Å²) in [5.41, 5.74) is -2.01. The molecule has 0 saturated carbocycles. The van der Waals surface area contributed by atoms with Crippen molar-refractivity contribution in [2.24, 2.45) is 7.05 Å². The quantitative estimate of drug-likeness (QED) is 0.668. The van der Waals surface area contributed by atoms with Gasteiger partial charge in [0.25, 0.3) is 5.91 Å². The molecule has 0 radical (unpaired) electrons. The molecule has 1 N–H and O–H groups in total. The van der Waals surface area contributed by atoms with Gasteiger partial charge in [0.15, 0.2) is 5.69 Å². The summed E-state index contributed by atoms with van der Waals surface area (Å²) in [6, 6.07) is 4.97. The van der Waals surface area contributed by atoms with Crippen molar-refractivity contribution in [1.29, 1.82) is 0 Å². The van der Waals surface area contributed by atoms with Crippen molar-refractivity contribution in [3.05, 3.63) is 53.7 Å². The van der Waals surface area contributed by atoms with E-state index in [1.165, 1.54) is 13.1 Å². The molecular weight excluding hydrogens is 392 g/mol. The van der Waals surface area contributed by atoms with Crippen LogP contribution in [0.4, 0.5) is 32.0 Å². The molecule has 0 aliphatic rings. The highest BCUT2D eigenvalue weighted by Gasteiger charge is 2.35. The maximum Gasteiger partial charge on any atom is 0.435 e. The van der Waals surface area contributed by atoms with Gasteiger partial charge in [-0.15, -0.1) is 0 Å². The smallest absolute Gasteiger partial charge is 0.321 e. The molecule has 1 amide bonds. The fourth-order valence-electron chi connectivity index (χ4n) is 2.50. The number of hydrogen-bond donors (Lipinski definition) is 1.